The van der Waals surface area contributed by atoms with Crippen LogP contribution in [0.1, 0.15) is 16.1 Å². The van der Waals surface area contributed by atoms with Gasteiger partial charge in [-0.15, -0.1) is 0 Å². The van der Waals surface area contributed by atoms with E-state index in [1.807, 2.05) is 66.1 Å². The molecule has 3 rings (SSSR count). The van der Waals surface area contributed by atoms with Gasteiger partial charge in [0.05, 0.1) is 0 Å². The fourth-order valence-corrected chi connectivity index (χ4v) is 2.01. The summed E-state index contributed by atoms with van der Waals surface area (Å²) in [6.07, 6.45) is 3.37. The Hall–Kier alpha value is -2.88. The van der Waals surface area contributed by atoms with Crippen LogP contribution < -0.4 is 5.32 Å². The normalized spacial score (nSPS) is 10.3. The monoisotopic (exact) mass is 277 g/mol. The number of nitrogens with zero attached hydrogens (tertiary/aromatic N) is 2. The zero-order valence-corrected chi connectivity index (χ0v) is 11.7. The average molecular weight is 277 g/mol. The molecule has 4 nitrogen and oxygen atoms in total. The van der Waals surface area contributed by atoms with E-state index in [1.165, 1.54) is 5.56 Å². The maximum Gasteiger partial charge on any atom is 0.275 e. The Bertz CT molecular complexity index is 745. The first-order valence-electron chi connectivity index (χ1n) is 6.70. The van der Waals surface area contributed by atoms with Gasteiger partial charge in [0.25, 0.3) is 5.91 Å². The molecule has 0 unspecified atom stereocenters. The van der Waals surface area contributed by atoms with E-state index in [4.69, 9.17) is 0 Å². The molecule has 0 aliphatic heterocycles. The van der Waals surface area contributed by atoms with Gasteiger partial charge in [0.1, 0.15) is 12.0 Å². The number of hydrogen-bond donors (Lipinski definition) is 1. The van der Waals surface area contributed by atoms with E-state index in [0.29, 0.717) is 5.69 Å². The van der Waals surface area contributed by atoms with E-state index >= 15 is 0 Å². The number of rotatable bonds is 3. The van der Waals surface area contributed by atoms with Crippen molar-refractivity contribution >= 4 is 11.6 Å². The number of aryl methyl sites for hydroxylation is 1. The number of anilines is 1. The smallest absolute Gasteiger partial charge is 0.275 e. The topological polar surface area (TPSA) is 46.9 Å². The number of aromatic nitrogens is 2. The van der Waals surface area contributed by atoms with Crippen LogP contribution in [0.15, 0.2) is 67.1 Å². The summed E-state index contributed by atoms with van der Waals surface area (Å²) < 4.78 is 1.83. The molecule has 1 aromatic heterocycles. The van der Waals surface area contributed by atoms with Gasteiger partial charge in [-0.2, -0.15) is 0 Å². The molecule has 3 aromatic rings. The zero-order chi connectivity index (χ0) is 14.7. The van der Waals surface area contributed by atoms with Crippen LogP contribution in [0.2, 0.25) is 0 Å². The molecule has 0 bridgehead atoms. The zero-order valence-electron chi connectivity index (χ0n) is 11.7. The Morgan fingerprint density at radius 2 is 1.76 bits per heavy atom. The third-order valence-corrected chi connectivity index (χ3v) is 3.18. The number of amides is 1. The van der Waals surface area contributed by atoms with Crippen LogP contribution in [0.5, 0.6) is 0 Å². The SMILES string of the molecule is Cc1ccc(-n2cnc(C(=O)Nc3ccccc3)c2)cc1. The van der Waals surface area contributed by atoms with Crippen molar-refractivity contribution in [2.24, 2.45) is 0 Å². The first-order chi connectivity index (χ1) is 10.2. The number of imidazole rings is 1. The molecule has 1 amide bonds. The molecule has 21 heavy (non-hydrogen) atoms. The summed E-state index contributed by atoms with van der Waals surface area (Å²) in [6, 6.07) is 17.4. The molecular weight excluding hydrogens is 262 g/mol. The molecule has 0 fully saturated rings. The molecule has 104 valence electrons. The van der Waals surface area contributed by atoms with Crippen molar-refractivity contribution < 1.29 is 4.79 Å². The number of carbonyl (C=O) groups excluding carboxylic acids is 1. The van der Waals surface area contributed by atoms with Gasteiger partial charge < -0.3 is 9.88 Å². The largest absolute Gasteiger partial charge is 0.321 e. The Morgan fingerprint density at radius 3 is 2.48 bits per heavy atom. The Labute approximate surface area is 123 Å². The van der Waals surface area contributed by atoms with Crippen LogP contribution in [-0.4, -0.2) is 15.5 Å². The van der Waals surface area contributed by atoms with Crippen LogP contribution >= 0.6 is 0 Å². The molecular formula is C17H15N3O. The molecule has 1 heterocycles. The molecule has 0 saturated heterocycles. The van der Waals surface area contributed by atoms with Gasteiger partial charge in [-0.25, -0.2) is 4.98 Å². The fourth-order valence-electron chi connectivity index (χ4n) is 2.01. The van der Waals surface area contributed by atoms with Crippen molar-refractivity contribution in [3.05, 3.63) is 78.4 Å². The van der Waals surface area contributed by atoms with Crippen molar-refractivity contribution in [3.63, 3.8) is 0 Å². The van der Waals surface area contributed by atoms with E-state index < -0.39 is 0 Å². The minimum atomic E-state index is -0.216. The number of carbonyl (C=O) groups is 1. The van der Waals surface area contributed by atoms with Gasteiger partial charge >= 0.3 is 0 Å². The van der Waals surface area contributed by atoms with Gasteiger partial charge in [-0.3, -0.25) is 4.79 Å². The lowest BCUT2D eigenvalue weighted by molar-refractivity contribution is 0.102. The summed E-state index contributed by atoms with van der Waals surface area (Å²) in [5.41, 5.74) is 3.32. The quantitative estimate of drug-likeness (QED) is 0.797. The second-order valence-electron chi connectivity index (χ2n) is 4.82. The van der Waals surface area contributed by atoms with E-state index in [0.717, 1.165) is 11.4 Å². The van der Waals surface area contributed by atoms with Crippen molar-refractivity contribution in [2.75, 3.05) is 5.32 Å². The lowest BCUT2D eigenvalue weighted by Crippen LogP contribution is -2.12. The summed E-state index contributed by atoms with van der Waals surface area (Å²) in [4.78, 5) is 16.3. The number of nitrogens with one attached hydrogen (secondary N) is 1. The predicted octanol–water partition coefficient (Wildman–Crippen LogP) is 3.43. The highest BCUT2D eigenvalue weighted by atomic mass is 16.1. The first-order valence-corrected chi connectivity index (χ1v) is 6.70. The highest BCUT2D eigenvalue weighted by molar-refractivity contribution is 6.02. The molecule has 0 aliphatic rings. The number of para-hydroxylation sites is 1. The van der Waals surface area contributed by atoms with Gasteiger partial charge in [-0.05, 0) is 31.2 Å². The lowest BCUT2D eigenvalue weighted by Gasteiger charge is -2.03. The van der Waals surface area contributed by atoms with Gasteiger partial charge in [0.2, 0.25) is 0 Å². The van der Waals surface area contributed by atoms with E-state index in [2.05, 4.69) is 10.3 Å². The summed E-state index contributed by atoms with van der Waals surface area (Å²) in [5, 5.41) is 2.82. The Morgan fingerprint density at radius 1 is 1.05 bits per heavy atom. The molecule has 0 atom stereocenters. The molecule has 0 radical (unpaired) electrons. The maximum absolute atomic E-state index is 12.1. The highest BCUT2D eigenvalue weighted by Gasteiger charge is 2.10. The number of benzene rings is 2. The molecule has 0 spiro atoms. The minimum Gasteiger partial charge on any atom is -0.321 e. The summed E-state index contributed by atoms with van der Waals surface area (Å²) >= 11 is 0. The molecule has 0 saturated carbocycles. The maximum atomic E-state index is 12.1. The third kappa shape index (κ3) is 3.00. The van der Waals surface area contributed by atoms with Crippen molar-refractivity contribution in [2.45, 2.75) is 6.92 Å². The van der Waals surface area contributed by atoms with Crippen molar-refractivity contribution in [3.8, 4) is 5.69 Å². The van der Waals surface area contributed by atoms with Crippen molar-refractivity contribution in [1.82, 2.24) is 9.55 Å². The second-order valence-corrected chi connectivity index (χ2v) is 4.82. The summed E-state index contributed by atoms with van der Waals surface area (Å²) in [5.74, 6) is -0.216. The predicted molar refractivity (Wildman–Crippen MR) is 82.7 cm³/mol. The number of hydrogen-bond acceptors (Lipinski definition) is 2. The Balaban J connectivity index is 1.78. The van der Waals surface area contributed by atoms with Crippen LogP contribution in [0.3, 0.4) is 0 Å². The fraction of sp³-hybridized carbons (Fsp3) is 0.0588. The van der Waals surface area contributed by atoms with Gasteiger partial charge in [-0.1, -0.05) is 35.9 Å². The van der Waals surface area contributed by atoms with Crippen LogP contribution in [0.4, 0.5) is 5.69 Å². The van der Waals surface area contributed by atoms with Crippen LogP contribution in [-0.2, 0) is 0 Å². The summed E-state index contributed by atoms with van der Waals surface area (Å²) in [6.45, 7) is 2.04. The van der Waals surface area contributed by atoms with E-state index in [9.17, 15) is 4.79 Å². The molecule has 2 aromatic carbocycles. The molecule has 0 aliphatic carbocycles. The van der Waals surface area contributed by atoms with Crippen molar-refractivity contribution in [1.29, 1.82) is 0 Å². The van der Waals surface area contributed by atoms with E-state index in [1.54, 1.807) is 12.5 Å². The standard InChI is InChI=1S/C17H15N3O/c1-13-7-9-15(10-8-13)20-11-16(18-12-20)17(21)19-14-5-3-2-4-6-14/h2-12H,1H3,(H,19,21). The van der Waals surface area contributed by atoms with Gasteiger partial charge in [0.15, 0.2) is 0 Å². The highest BCUT2D eigenvalue weighted by Crippen LogP contribution is 2.12. The minimum absolute atomic E-state index is 0.216. The lowest BCUT2D eigenvalue weighted by atomic mass is 10.2. The van der Waals surface area contributed by atoms with Crippen LogP contribution in [0.25, 0.3) is 5.69 Å². The molecule has 1 N–H and O–H groups in total. The summed E-state index contributed by atoms with van der Waals surface area (Å²) in [7, 11) is 0. The molecule has 4 heteroatoms. The third-order valence-electron chi connectivity index (χ3n) is 3.18. The second kappa shape index (κ2) is 5.63. The van der Waals surface area contributed by atoms with Crippen LogP contribution in [0, 0.1) is 6.92 Å². The van der Waals surface area contributed by atoms with E-state index in [-0.39, 0.29) is 5.91 Å². The van der Waals surface area contributed by atoms with Gasteiger partial charge in [0, 0.05) is 17.6 Å². The first kappa shape index (κ1) is 13.1. The average Bonchev–Trinajstić information content (AvgIpc) is 2.99. The Kier molecular flexibility index (Phi) is 3.51.